The third-order valence-corrected chi connectivity index (χ3v) is 3.60. The Balaban J connectivity index is 2.37. The van der Waals surface area contributed by atoms with Gasteiger partial charge in [0.15, 0.2) is 5.82 Å². The summed E-state index contributed by atoms with van der Waals surface area (Å²) in [6.07, 6.45) is 1.22. The number of carbonyl (C=O) groups excluding carboxylic acids is 1. The maximum absolute atomic E-state index is 12.2. The van der Waals surface area contributed by atoms with Gasteiger partial charge in [-0.1, -0.05) is 12.1 Å². The molecule has 0 saturated heterocycles. The number of para-hydroxylation sites is 1. The van der Waals surface area contributed by atoms with Crippen LogP contribution >= 0.6 is 0 Å². The molecule has 2 rings (SSSR count). The number of amides is 1. The summed E-state index contributed by atoms with van der Waals surface area (Å²) in [6.45, 7) is 0. The highest BCUT2D eigenvalue weighted by molar-refractivity contribution is 7.89. The molecule has 0 atom stereocenters. The average Bonchev–Trinajstić information content (AvgIpc) is 2.79. The van der Waals surface area contributed by atoms with Gasteiger partial charge in [-0.15, -0.1) is 0 Å². The lowest BCUT2D eigenvalue weighted by Gasteiger charge is -2.08. The second-order valence-corrected chi connectivity index (χ2v) is 5.74. The fraction of sp³-hybridized carbons (Fsp3) is 0.167. The second kappa shape index (κ2) is 5.54. The van der Waals surface area contributed by atoms with Gasteiger partial charge in [0.05, 0.1) is 12.7 Å². The van der Waals surface area contributed by atoms with Gasteiger partial charge in [0, 0.05) is 13.2 Å². The highest BCUT2D eigenvalue weighted by Crippen LogP contribution is 2.21. The van der Waals surface area contributed by atoms with Crippen LogP contribution in [0, 0.1) is 0 Å². The van der Waals surface area contributed by atoms with Crippen LogP contribution in [-0.2, 0) is 17.1 Å². The molecule has 0 radical (unpaired) electrons. The molecule has 21 heavy (non-hydrogen) atoms. The number of aryl methyl sites for hydroxylation is 1. The van der Waals surface area contributed by atoms with Crippen LogP contribution in [0.5, 0.6) is 5.75 Å². The topological polar surface area (TPSA) is 116 Å². The maximum Gasteiger partial charge on any atom is 0.260 e. The van der Waals surface area contributed by atoms with E-state index in [9.17, 15) is 13.2 Å². The molecule has 112 valence electrons. The number of hydrogen-bond acceptors (Lipinski definition) is 5. The summed E-state index contributed by atoms with van der Waals surface area (Å²) in [6, 6.07) is 6.55. The number of methoxy groups -OCH3 is 1. The fourth-order valence-corrected chi connectivity index (χ4v) is 2.43. The number of nitrogens with zero attached hydrogens (tertiary/aromatic N) is 2. The van der Waals surface area contributed by atoms with Crippen molar-refractivity contribution in [2.75, 3.05) is 12.4 Å². The Kier molecular flexibility index (Phi) is 3.96. The first-order valence-corrected chi connectivity index (χ1v) is 7.38. The molecule has 1 aromatic heterocycles. The quantitative estimate of drug-likeness (QED) is 0.844. The molecule has 0 bridgehead atoms. The summed E-state index contributed by atoms with van der Waals surface area (Å²) >= 11 is 0. The summed E-state index contributed by atoms with van der Waals surface area (Å²) in [7, 11) is -1.03. The second-order valence-electron chi connectivity index (χ2n) is 4.22. The van der Waals surface area contributed by atoms with Crippen LogP contribution in [0.1, 0.15) is 10.4 Å². The molecule has 0 aliphatic carbocycles. The standard InChI is InChI=1S/C12H14N4O4S/c1-16-7-10(21(13,18)19)11(15-16)14-12(17)8-5-3-4-6-9(8)20-2/h3-7H,1-2H3,(H2,13,18,19)(H,14,15,17). The molecule has 2 aromatic rings. The normalized spacial score (nSPS) is 11.2. The number of benzene rings is 1. The van der Waals surface area contributed by atoms with E-state index < -0.39 is 15.9 Å². The van der Waals surface area contributed by atoms with Crippen molar-refractivity contribution >= 4 is 21.7 Å². The third-order valence-electron chi connectivity index (χ3n) is 2.69. The number of carbonyl (C=O) groups is 1. The monoisotopic (exact) mass is 310 g/mol. The van der Waals surface area contributed by atoms with Gasteiger partial charge in [-0.2, -0.15) is 5.10 Å². The highest BCUT2D eigenvalue weighted by Gasteiger charge is 2.21. The van der Waals surface area contributed by atoms with Crippen molar-refractivity contribution in [1.82, 2.24) is 9.78 Å². The summed E-state index contributed by atoms with van der Waals surface area (Å²) in [5, 5.41) is 11.4. The van der Waals surface area contributed by atoms with Crippen LogP contribution in [0.15, 0.2) is 35.4 Å². The van der Waals surface area contributed by atoms with Crippen LogP contribution in [0.4, 0.5) is 5.82 Å². The largest absolute Gasteiger partial charge is 0.496 e. The van der Waals surface area contributed by atoms with Gasteiger partial charge in [-0.3, -0.25) is 9.48 Å². The molecule has 8 nitrogen and oxygen atoms in total. The van der Waals surface area contributed by atoms with Gasteiger partial charge in [0.25, 0.3) is 5.91 Å². The first-order chi connectivity index (χ1) is 9.82. The van der Waals surface area contributed by atoms with Gasteiger partial charge in [-0.05, 0) is 12.1 Å². The zero-order valence-corrected chi connectivity index (χ0v) is 12.2. The summed E-state index contributed by atoms with van der Waals surface area (Å²) in [5.41, 5.74) is 0.256. The zero-order chi connectivity index (χ0) is 15.6. The number of rotatable bonds is 4. The number of anilines is 1. The predicted molar refractivity (Wildman–Crippen MR) is 75.5 cm³/mol. The minimum Gasteiger partial charge on any atom is -0.496 e. The molecular formula is C12H14N4O4S. The molecule has 1 heterocycles. The Morgan fingerprint density at radius 2 is 2.05 bits per heavy atom. The van der Waals surface area contributed by atoms with E-state index in [0.29, 0.717) is 5.75 Å². The van der Waals surface area contributed by atoms with Crippen LogP contribution in [0.25, 0.3) is 0 Å². The van der Waals surface area contributed by atoms with Crippen molar-refractivity contribution in [2.45, 2.75) is 4.90 Å². The maximum atomic E-state index is 12.2. The zero-order valence-electron chi connectivity index (χ0n) is 11.4. The molecule has 3 N–H and O–H groups in total. The van der Waals surface area contributed by atoms with E-state index in [0.717, 1.165) is 0 Å². The van der Waals surface area contributed by atoms with Crippen molar-refractivity contribution in [3.05, 3.63) is 36.0 Å². The van der Waals surface area contributed by atoms with Crippen LogP contribution in [0.3, 0.4) is 0 Å². The van der Waals surface area contributed by atoms with E-state index in [1.807, 2.05) is 0 Å². The summed E-state index contributed by atoms with van der Waals surface area (Å²) in [5.74, 6) is -0.310. The lowest BCUT2D eigenvalue weighted by atomic mass is 10.2. The van der Waals surface area contributed by atoms with Crippen molar-refractivity contribution in [2.24, 2.45) is 12.2 Å². The van der Waals surface area contributed by atoms with Crippen molar-refractivity contribution in [3.8, 4) is 5.75 Å². The average molecular weight is 310 g/mol. The van der Waals surface area contributed by atoms with Crippen LogP contribution in [0.2, 0.25) is 0 Å². The van der Waals surface area contributed by atoms with Gasteiger partial charge in [-0.25, -0.2) is 13.6 Å². The SMILES string of the molecule is COc1ccccc1C(=O)Nc1nn(C)cc1S(N)(=O)=O. The number of nitrogens with two attached hydrogens (primary N) is 1. The van der Waals surface area contributed by atoms with Gasteiger partial charge >= 0.3 is 0 Å². The van der Waals surface area contributed by atoms with E-state index >= 15 is 0 Å². The minimum absolute atomic E-state index is 0.129. The van der Waals surface area contributed by atoms with Crippen LogP contribution in [-0.4, -0.2) is 31.2 Å². The Morgan fingerprint density at radius 1 is 1.38 bits per heavy atom. The smallest absolute Gasteiger partial charge is 0.260 e. The van der Waals surface area contributed by atoms with E-state index in [2.05, 4.69) is 10.4 Å². The Hall–Kier alpha value is -2.39. The number of ether oxygens (including phenoxy) is 1. The fourth-order valence-electron chi connectivity index (χ4n) is 1.77. The highest BCUT2D eigenvalue weighted by atomic mass is 32.2. The summed E-state index contributed by atoms with van der Waals surface area (Å²) < 4.78 is 29.2. The lowest BCUT2D eigenvalue weighted by molar-refractivity contribution is 0.102. The molecule has 0 unspecified atom stereocenters. The number of aromatic nitrogens is 2. The third kappa shape index (κ3) is 3.20. The molecule has 0 saturated carbocycles. The van der Waals surface area contributed by atoms with Gasteiger partial charge in [0.2, 0.25) is 10.0 Å². The van der Waals surface area contributed by atoms with Crippen molar-refractivity contribution in [1.29, 1.82) is 0 Å². The minimum atomic E-state index is -3.99. The molecule has 0 aliphatic heterocycles. The number of sulfonamides is 1. The van der Waals surface area contributed by atoms with E-state index in [4.69, 9.17) is 9.88 Å². The van der Waals surface area contributed by atoms with E-state index in [1.165, 1.54) is 25.0 Å². The van der Waals surface area contributed by atoms with Crippen molar-refractivity contribution in [3.63, 3.8) is 0 Å². The molecule has 0 aliphatic rings. The molecule has 0 spiro atoms. The molecule has 1 amide bonds. The number of nitrogens with one attached hydrogen (secondary N) is 1. The van der Waals surface area contributed by atoms with Crippen molar-refractivity contribution < 1.29 is 17.9 Å². The first-order valence-electron chi connectivity index (χ1n) is 5.83. The van der Waals surface area contributed by atoms with Crippen LogP contribution < -0.4 is 15.2 Å². The van der Waals surface area contributed by atoms with E-state index in [-0.39, 0.29) is 16.3 Å². The molecule has 1 aromatic carbocycles. The lowest BCUT2D eigenvalue weighted by Crippen LogP contribution is -2.18. The Morgan fingerprint density at radius 3 is 2.67 bits per heavy atom. The number of hydrogen-bond donors (Lipinski definition) is 2. The molecular weight excluding hydrogens is 296 g/mol. The molecule has 0 fully saturated rings. The summed E-state index contributed by atoms with van der Waals surface area (Å²) in [4.78, 5) is 11.9. The predicted octanol–water partition coefficient (Wildman–Crippen LogP) is 0.328. The Labute approximate surface area is 121 Å². The van der Waals surface area contributed by atoms with E-state index in [1.54, 1.807) is 24.3 Å². The number of primary sulfonamides is 1. The van der Waals surface area contributed by atoms with Gasteiger partial charge in [0.1, 0.15) is 10.6 Å². The molecule has 9 heteroatoms. The Bertz CT molecular complexity index is 782. The van der Waals surface area contributed by atoms with Gasteiger partial charge < -0.3 is 10.1 Å². The first kappa shape index (κ1) is 15.0.